The smallest absolute Gasteiger partial charge is 0.323 e. The van der Waals surface area contributed by atoms with E-state index in [9.17, 15) is 4.79 Å². The highest BCUT2D eigenvalue weighted by Crippen LogP contribution is 2.30. The molecule has 0 aromatic carbocycles. The Hall–Kier alpha value is -1.14. The summed E-state index contributed by atoms with van der Waals surface area (Å²) >= 11 is 1.55. The molecule has 106 valence electrons. The third-order valence-electron chi connectivity index (χ3n) is 3.09. The summed E-state index contributed by atoms with van der Waals surface area (Å²) in [6, 6.07) is -0.0430. The molecule has 2 heterocycles. The van der Waals surface area contributed by atoms with Gasteiger partial charge in [-0.1, -0.05) is 20.8 Å². The lowest BCUT2D eigenvalue weighted by atomic mass is 9.96. The van der Waals surface area contributed by atoms with Crippen LogP contribution in [0.5, 0.6) is 0 Å². The van der Waals surface area contributed by atoms with Crippen molar-refractivity contribution in [2.45, 2.75) is 32.6 Å². The van der Waals surface area contributed by atoms with E-state index in [1.807, 2.05) is 11.1 Å². The molecular weight excluding hydrogens is 260 g/mol. The second-order valence-corrected chi connectivity index (χ2v) is 6.83. The predicted molar refractivity (Wildman–Crippen MR) is 78.9 cm³/mol. The molecule has 0 radical (unpaired) electrons. The largest absolute Gasteiger partial charge is 0.323 e. The molecule has 1 aromatic heterocycles. The van der Waals surface area contributed by atoms with Crippen molar-refractivity contribution >= 4 is 22.5 Å². The number of rotatable bonds is 1. The number of aromatic nitrogens is 1. The van der Waals surface area contributed by atoms with Gasteiger partial charge in [0.2, 0.25) is 0 Å². The van der Waals surface area contributed by atoms with Crippen LogP contribution in [0.2, 0.25) is 0 Å². The van der Waals surface area contributed by atoms with Crippen LogP contribution in [0.4, 0.5) is 9.93 Å². The third-order valence-corrected chi connectivity index (χ3v) is 4.42. The van der Waals surface area contributed by atoms with E-state index in [2.05, 4.69) is 36.4 Å². The average Bonchev–Trinajstić information content (AvgIpc) is 2.63. The van der Waals surface area contributed by atoms with E-state index in [0.29, 0.717) is 5.13 Å². The lowest BCUT2D eigenvalue weighted by Gasteiger charge is -2.19. The van der Waals surface area contributed by atoms with Gasteiger partial charge >= 0.3 is 6.03 Å². The summed E-state index contributed by atoms with van der Waals surface area (Å²) < 4.78 is 0. The standard InChI is InChI=1S/C13H22N4OS/c1-13(2,3)10-9-15-11(19-10)16-12(18)17-7-4-5-14-6-8-17/h9,14H,4-8H2,1-3H3,(H,15,16,18). The Kier molecular flexibility index (Phi) is 4.42. The number of carbonyl (C=O) groups excluding carboxylic acids is 1. The normalized spacial score (nSPS) is 17.1. The zero-order valence-corrected chi connectivity index (χ0v) is 12.6. The Labute approximate surface area is 118 Å². The molecule has 0 spiro atoms. The molecule has 6 heteroatoms. The first kappa shape index (κ1) is 14.3. The molecule has 1 aliphatic heterocycles. The maximum Gasteiger partial charge on any atom is 0.323 e. The molecule has 0 saturated carbocycles. The lowest BCUT2D eigenvalue weighted by Crippen LogP contribution is -2.37. The van der Waals surface area contributed by atoms with Gasteiger partial charge in [-0.15, -0.1) is 11.3 Å². The molecule has 1 aromatic rings. The van der Waals surface area contributed by atoms with E-state index in [1.54, 1.807) is 11.3 Å². The molecule has 0 aliphatic carbocycles. The van der Waals surface area contributed by atoms with Crippen LogP contribution in [0.1, 0.15) is 32.1 Å². The van der Waals surface area contributed by atoms with E-state index >= 15 is 0 Å². The Bertz CT molecular complexity index is 430. The van der Waals surface area contributed by atoms with Crippen molar-refractivity contribution < 1.29 is 4.79 Å². The van der Waals surface area contributed by atoms with Crippen LogP contribution >= 0.6 is 11.3 Å². The Balaban J connectivity index is 1.96. The minimum Gasteiger partial charge on any atom is -0.323 e. The lowest BCUT2D eigenvalue weighted by molar-refractivity contribution is 0.215. The number of anilines is 1. The van der Waals surface area contributed by atoms with Gasteiger partial charge in [-0.05, 0) is 18.4 Å². The number of nitrogens with zero attached hydrogens (tertiary/aromatic N) is 2. The summed E-state index contributed by atoms with van der Waals surface area (Å²) in [4.78, 5) is 19.4. The van der Waals surface area contributed by atoms with Crippen molar-refractivity contribution in [2.24, 2.45) is 0 Å². The number of hydrogen-bond acceptors (Lipinski definition) is 4. The van der Waals surface area contributed by atoms with Gasteiger partial charge < -0.3 is 10.2 Å². The zero-order chi connectivity index (χ0) is 13.9. The van der Waals surface area contributed by atoms with Crippen LogP contribution in [0, 0.1) is 0 Å². The van der Waals surface area contributed by atoms with Gasteiger partial charge in [-0.2, -0.15) is 0 Å². The fourth-order valence-electron chi connectivity index (χ4n) is 1.90. The highest BCUT2D eigenvalue weighted by molar-refractivity contribution is 7.15. The first-order valence-electron chi connectivity index (χ1n) is 6.70. The van der Waals surface area contributed by atoms with Crippen LogP contribution in [-0.4, -0.2) is 42.1 Å². The molecule has 0 atom stereocenters. The highest BCUT2D eigenvalue weighted by Gasteiger charge is 2.20. The van der Waals surface area contributed by atoms with E-state index in [1.165, 1.54) is 4.88 Å². The predicted octanol–water partition coefficient (Wildman–Crippen LogP) is 2.27. The quantitative estimate of drug-likeness (QED) is 0.831. The molecular formula is C13H22N4OS. The Morgan fingerprint density at radius 1 is 1.42 bits per heavy atom. The number of urea groups is 1. The van der Waals surface area contributed by atoms with Crippen molar-refractivity contribution in [1.29, 1.82) is 0 Å². The van der Waals surface area contributed by atoms with Crippen LogP contribution in [0.15, 0.2) is 6.20 Å². The second-order valence-electron chi connectivity index (χ2n) is 5.80. The molecule has 2 N–H and O–H groups in total. The van der Waals surface area contributed by atoms with E-state index in [-0.39, 0.29) is 11.4 Å². The van der Waals surface area contributed by atoms with Crippen molar-refractivity contribution in [3.63, 3.8) is 0 Å². The SMILES string of the molecule is CC(C)(C)c1cnc(NC(=O)N2CCCNCC2)s1. The van der Waals surface area contributed by atoms with Gasteiger partial charge in [0.15, 0.2) is 5.13 Å². The minimum absolute atomic E-state index is 0.0430. The summed E-state index contributed by atoms with van der Waals surface area (Å²) in [7, 11) is 0. The van der Waals surface area contributed by atoms with Crippen LogP contribution in [-0.2, 0) is 5.41 Å². The van der Waals surface area contributed by atoms with Crippen molar-refractivity contribution in [3.8, 4) is 0 Å². The van der Waals surface area contributed by atoms with E-state index in [4.69, 9.17) is 0 Å². The van der Waals surface area contributed by atoms with Gasteiger partial charge in [-0.25, -0.2) is 9.78 Å². The summed E-state index contributed by atoms with van der Waals surface area (Å²) in [5, 5.41) is 6.87. The van der Waals surface area contributed by atoms with E-state index in [0.717, 1.165) is 32.6 Å². The Morgan fingerprint density at radius 3 is 2.89 bits per heavy atom. The molecule has 0 unspecified atom stereocenters. The van der Waals surface area contributed by atoms with Gasteiger partial charge in [-0.3, -0.25) is 5.32 Å². The maximum absolute atomic E-state index is 12.1. The molecule has 5 nitrogen and oxygen atoms in total. The molecule has 0 bridgehead atoms. The molecule has 1 aliphatic rings. The molecule has 19 heavy (non-hydrogen) atoms. The van der Waals surface area contributed by atoms with Crippen LogP contribution < -0.4 is 10.6 Å². The topological polar surface area (TPSA) is 57.3 Å². The number of thiazole rings is 1. The number of carbonyl (C=O) groups is 1. The van der Waals surface area contributed by atoms with E-state index < -0.39 is 0 Å². The van der Waals surface area contributed by atoms with Crippen LogP contribution in [0.25, 0.3) is 0 Å². The second kappa shape index (κ2) is 5.88. The van der Waals surface area contributed by atoms with Gasteiger partial charge in [0.25, 0.3) is 0 Å². The monoisotopic (exact) mass is 282 g/mol. The van der Waals surface area contributed by atoms with Gasteiger partial charge in [0, 0.05) is 30.7 Å². The first-order chi connectivity index (χ1) is 8.97. The van der Waals surface area contributed by atoms with Crippen molar-refractivity contribution in [1.82, 2.24) is 15.2 Å². The molecule has 2 amide bonds. The number of amides is 2. The third kappa shape index (κ3) is 3.91. The van der Waals surface area contributed by atoms with Gasteiger partial charge in [0.1, 0.15) is 0 Å². The van der Waals surface area contributed by atoms with Crippen molar-refractivity contribution in [3.05, 3.63) is 11.1 Å². The Morgan fingerprint density at radius 2 is 2.21 bits per heavy atom. The molecule has 1 fully saturated rings. The van der Waals surface area contributed by atoms with Gasteiger partial charge in [0.05, 0.1) is 0 Å². The average molecular weight is 282 g/mol. The minimum atomic E-state index is -0.0430. The van der Waals surface area contributed by atoms with Crippen molar-refractivity contribution in [2.75, 3.05) is 31.5 Å². The first-order valence-corrected chi connectivity index (χ1v) is 7.51. The zero-order valence-electron chi connectivity index (χ0n) is 11.8. The fraction of sp³-hybridized carbons (Fsp3) is 0.692. The van der Waals surface area contributed by atoms with Crippen LogP contribution in [0.3, 0.4) is 0 Å². The maximum atomic E-state index is 12.1. The summed E-state index contributed by atoms with van der Waals surface area (Å²) in [6.07, 6.45) is 2.85. The fourth-order valence-corrected chi connectivity index (χ4v) is 2.76. The number of nitrogens with one attached hydrogen (secondary N) is 2. The number of hydrogen-bond donors (Lipinski definition) is 2. The summed E-state index contributed by atoms with van der Waals surface area (Å²) in [6.45, 7) is 9.83. The molecule has 1 saturated heterocycles. The summed E-state index contributed by atoms with van der Waals surface area (Å²) in [5.41, 5.74) is 0.0766. The molecule has 2 rings (SSSR count). The highest BCUT2D eigenvalue weighted by atomic mass is 32.1. The summed E-state index contributed by atoms with van der Waals surface area (Å²) in [5.74, 6) is 0.